The second-order valence-electron chi connectivity index (χ2n) is 11.5. The van der Waals surface area contributed by atoms with E-state index in [-0.39, 0.29) is 17.4 Å². The van der Waals surface area contributed by atoms with Gasteiger partial charge in [0.2, 0.25) is 10.0 Å². The molecule has 0 bridgehead atoms. The number of hydrogen-bond donors (Lipinski definition) is 3. The summed E-state index contributed by atoms with van der Waals surface area (Å²) in [4.78, 5) is 33.6. The molecular weight excluding hydrogens is 740 g/mol. The van der Waals surface area contributed by atoms with E-state index in [0.29, 0.717) is 46.1 Å². The summed E-state index contributed by atoms with van der Waals surface area (Å²) < 4.78 is 126. The summed E-state index contributed by atoms with van der Waals surface area (Å²) in [6.45, 7) is 9.49. The van der Waals surface area contributed by atoms with Crippen molar-refractivity contribution in [1.29, 1.82) is 0 Å². The first-order chi connectivity index (χ1) is 22.5. The highest BCUT2D eigenvalue weighted by Gasteiger charge is 2.34. The van der Waals surface area contributed by atoms with Gasteiger partial charge in [-0.25, -0.2) is 31.5 Å². The number of carbonyl (C=O) groups is 3. The summed E-state index contributed by atoms with van der Waals surface area (Å²) in [7, 11) is -9.03. The van der Waals surface area contributed by atoms with Gasteiger partial charge < -0.3 is 5.32 Å². The fraction of sp³-hybridized carbons (Fsp3) is 0.323. The lowest BCUT2D eigenvalue weighted by Crippen LogP contribution is -2.35. The minimum atomic E-state index is -4.89. The van der Waals surface area contributed by atoms with Crippen LogP contribution in [0.3, 0.4) is 0 Å². The summed E-state index contributed by atoms with van der Waals surface area (Å²) in [5, 5.41) is 7.68. The fourth-order valence-electron chi connectivity index (χ4n) is 4.28. The molecule has 0 aliphatic carbocycles. The van der Waals surface area contributed by atoms with Gasteiger partial charge in [0.25, 0.3) is 10.0 Å². The van der Waals surface area contributed by atoms with Crippen LogP contribution in [0.25, 0.3) is 0 Å². The molecule has 3 rings (SSSR count). The standard InChI is InChI=1S/C22H24ClF3N2O4S.C9H8F3NO3S/c1-11(2)18-9-16(23)10-19(12(3)4)20(18)27-21(30)28-33(31,32)17-7-14(13(5)29)6-15(8-17)22(24,25)26;1-5(14)6-2-7(9(10,11)12)4-8(3-6)17(13,15)16/h6-12H,1-5H3,(H2,27,28,30);2-4H,1H3,(H2,13,15,16). The molecule has 0 radical (unpaired) electrons. The lowest BCUT2D eigenvalue weighted by Gasteiger charge is -2.21. The van der Waals surface area contributed by atoms with Crippen molar-refractivity contribution in [2.75, 3.05) is 5.32 Å². The van der Waals surface area contributed by atoms with E-state index < -0.39 is 76.5 Å². The maximum atomic E-state index is 13.2. The molecule has 274 valence electrons. The third kappa shape index (κ3) is 11.3. The van der Waals surface area contributed by atoms with Crippen molar-refractivity contribution in [1.82, 2.24) is 4.72 Å². The van der Waals surface area contributed by atoms with Crippen LogP contribution in [0.1, 0.15) is 96.3 Å². The molecule has 0 heterocycles. The number of primary sulfonamides is 1. The van der Waals surface area contributed by atoms with Crippen molar-refractivity contribution in [3.05, 3.63) is 86.9 Å². The zero-order valence-corrected chi connectivity index (χ0v) is 29.6. The van der Waals surface area contributed by atoms with Crippen LogP contribution in [0.15, 0.2) is 58.3 Å². The van der Waals surface area contributed by atoms with Gasteiger partial charge in [-0.05, 0) is 85.3 Å². The predicted octanol–water partition coefficient (Wildman–Crippen LogP) is 7.87. The van der Waals surface area contributed by atoms with Gasteiger partial charge >= 0.3 is 18.4 Å². The smallest absolute Gasteiger partial charge is 0.307 e. The monoisotopic (exact) mass is 771 g/mol. The number of benzene rings is 3. The summed E-state index contributed by atoms with van der Waals surface area (Å²) >= 11 is 6.18. The van der Waals surface area contributed by atoms with E-state index >= 15 is 0 Å². The average Bonchev–Trinajstić information content (AvgIpc) is 2.95. The Morgan fingerprint density at radius 2 is 1.06 bits per heavy atom. The molecule has 3 aromatic rings. The van der Waals surface area contributed by atoms with E-state index in [1.807, 2.05) is 27.7 Å². The van der Waals surface area contributed by atoms with Crippen LogP contribution < -0.4 is 15.2 Å². The number of carbonyl (C=O) groups excluding carboxylic acids is 3. The van der Waals surface area contributed by atoms with Gasteiger partial charge in [-0.1, -0.05) is 39.3 Å². The first-order valence-electron chi connectivity index (χ1n) is 14.2. The molecule has 10 nitrogen and oxygen atoms in total. The number of sulfonamides is 2. The normalized spacial score (nSPS) is 12.3. The number of nitrogens with two attached hydrogens (primary N) is 1. The topological polar surface area (TPSA) is 170 Å². The number of amides is 2. The Morgan fingerprint density at radius 1 is 0.680 bits per heavy atom. The summed E-state index contributed by atoms with van der Waals surface area (Å²) in [5.41, 5.74) is -1.66. The Bertz CT molecular complexity index is 2000. The number of halogens is 7. The third-order valence-corrected chi connectivity index (χ3v) is 9.21. The molecule has 4 N–H and O–H groups in total. The number of alkyl halides is 6. The molecule has 0 aliphatic heterocycles. The minimum absolute atomic E-state index is 0.0744. The van der Waals surface area contributed by atoms with Crippen LogP contribution in [0.5, 0.6) is 0 Å². The van der Waals surface area contributed by atoms with Crippen molar-refractivity contribution >= 4 is 54.9 Å². The lowest BCUT2D eigenvalue weighted by atomic mass is 9.92. The van der Waals surface area contributed by atoms with Crippen LogP contribution in [0.4, 0.5) is 36.8 Å². The van der Waals surface area contributed by atoms with Gasteiger partial charge in [-0.3, -0.25) is 9.59 Å². The Hall–Kier alpha value is -4.00. The molecule has 0 atom stereocenters. The zero-order valence-electron chi connectivity index (χ0n) is 27.2. The predicted molar refractivity (Wildman–Crippen MR) is 173 cm³/mol. The summed E-state index contributed by atoms with van der Waals surface area (Å²) in [5.74, 6) is -1.59. The summed E-state index contributed by atoms with van der Waals surface area (Å²) in [6, 6.07) is 5.62. The first-order valence-corrected chi connectivity index (χ1v) is 17.6. The molecule has 0 aliphatic rings. The molecule has 19 heteroatoms. The van der Waals surface area contributed by atoms with Gasteiger partial charge in [0.1, 0.15) is 0 Å². The molecule has 50 heavy (non-hydrogen) atoms. The molecule has 0 aromatic heterocycles. The zero-order chi connectivity index (χ0) is 38.7. The largest absolute Gasteiger partial charge is 0.416 e. The molecule has 0 fully saturated rings. The van der Waals surface area contributed by atoms with Crippen molar-refractivity contribution in [3.8, 4) is 0 Å². The third-order valence-electron chi connectivity index (χ3n) is 6.79. The second-order valence-corrected chi connectivity index (χ2v) is 15.2. The average molecular weight is 772 g/mol. The molecule has 0 spiro atoms. The van der Waals surface area contributed by atoms with Gasteiger partial charge in [-0.15, -0.1) is 0 Å². The van der Waals surface area contributed by atoms with E-state index in [4.69, 9.17) is 16.7 Å². The van der Waals surface area contributed by atoms with Crippen molar-refractivity contribution in [3.63, 3.8) is 0 Å². The molecule has 0 unspecified atom stereocenters. The van der Waals surface area contributed by atoms with Crippen molar-refractivity contribution in [2.45, 2.75) is 75.5 Å². The van der Waals surface area contributed by atoms with Crippen molar-refractivity contribution < 1.29 is 57.6 Å². The van der Waals surface area contributed by atoms with Crippen LogP contribution in [0, 0.1) is 0 Å². The van der Waals surface area contributed by atoms with Gasteiger partial charge in [-0.2, -0.15) is 26.3 Å². The lowest BCUT2D eigenvalue weighted by molar-refractivity contribution is -0.138. The van der Waals surface area contributed by atoms with Crippen LogP contribution in [0.2, 0.25) is 5.02 Å². The van der Waals surface area contributed by atoms with Crippen LogP contribution in [-0.4, -0.2) is 34.4 Å². The quantitative estimate of drug-likeness (QED) is 0.155. The van der Waals surface area contributed by atoms with E-state index in [0.717, 1.165) is 26.0 Å². The Labute approximate surface area is 289 Å². The number of rotatable bonds is 8. The van der Waals surface area contributed by atoms with E-state index in [2.05, 4.69) is 5.32 Å². The maximum Gasteiger partial charge on any atom is 0.416 e. The van der Waals surface area contributed by atoms with Crippen LogP contribution >= 0.6 is 11.6 Å². The van der Waals surface area contributed by atoms with Gasteiger partial charge in [0, 0.05) is 21.8 Å². The molecule has 2 amide bonds. The number of Topliss-reactive ketones (excluding diaryl/α,β-unsaturated/α-hetero) is 2. The van der Waals surface area contributed by atoms with Crippen molar-refractivity contribution in [2.24, 2.45) is 5.14 Å². The number of hydrogen-bond acceptors (Lipinski definition) is 7. The Morgan fingerprint density at radius 3 is 1.40 bits per heavy atom. The Balaban J connectivity index is 0.000000428. The maximum absolute atomic E-state index is 13.2. The van der Waals surface area contributed by atoms with Crippen LogP contribution in [-0.2, 0) is 32.4 Å². The first kappa shape index (κ1) is 42.2. The van der Waals surface area contributed by atoms with E-state index in [9.17, 15) is 57.6 Å². The molecule has 0 saturated carbocycles. The highest BCUT2D eigenvalue weighted by molar-refractivity contribution is 7.90. The fourth-order valence-corrected chi connectivity index (χ4v) is 6.07. The van der Waals surface area contributed by atoms with E-state index in [1.165, 1.54) is 0 Å². The van der Waals surface area contributed by atoms with E-state index in [1.54, 1.807) is 16.9 Å². The molecular formula is C31H32ClF6N3O7S2. The van der Waals surface area contributed by atoms with Gasteiger partial charge in [0.05, 0.1) is 20.9 Å². The number of ketones is 2. The number of anilines is 1. The molecule has 0 saturated heterocycles. The van der Waals surface area contributed by atoms with Gasteiger partial charge in [0.15, 0.2) is 11.6 Å². The minimum Gasteiger partial charge on any atom is -0.307 e. The Kier molecular flexibility index (Phi) is 13.1. The second kappa shape index (κ2) is 15.5. The highest BCUT2D eigenvalue weighted by Crippen LogP contribution is 2.36. The number of nitrogens with one attached hydrogen (secondary N) is 2. The highest BCUT2D eigenvalue weighted by atomic mass is 35.5. The SMILES string of the molecule is CC(=O)c1cc(C(F)(F)F)cc(S(=O)(=O)NC(=O)Nc2c(C(C)C)cc(Cl)cc2C(C)C)c1.CC(=O)c1cc(C(F)(F)F)cc(S(N)(=O)=O)c1. The molecule has 3 aromatic carbocycles. The summed E-state index contributed by atoms with van der Waals surface area (Å²) in [6.07, 6.45) is -9.63. The number of urea groups is 1.